The van der Waals surface area contributed by atoms with E-state index in [0.29, 0.717) is 5.56 Å². The van der Waals surface area contributed by atoms with Crippen LogP contribution in [0.4, 0.5) is 4.79 Å². The molecule has 14 heteroatoms. The molecule has 0 bridgehead atoms. The third kappa shape index (κ3) is 12.5. The zero-order valence-electron chi connectivity index (χ0n) is 19.1. The van der Waals surface area contributed by atoms with E-state index >= 15 is 0 Å². The van der Waals surface area contributed by atoms with Crippen molar-refractivity contribution in [3.8, 4) is 0 Å². The summed E-state index contributed by atoms with van der Waals surface area (Å²) in [5, 5.41) is 13.9. The average Bonchev–Trinajstić information content (AvgIpc) is 2.78. The third-order valence-corrected chi connectivity index (χ3v) is 4.80. The van der Waals surface area contributed by atoms with Gasteiger partial charge in [0.25, 0.3) is 10.1 Å². The molecule has 2 atom stereocenters. The minimum atomic E-state index is -3.80. The molecule has 0 heterocycles. The Morgan fingerprint density at radius 1 is 1.00 bits per heavy atom. The monoisotopic (exact) mass is 506 g/mol. The molecular weight excluding hydrogens is 476 g/mol. The van der Waals surface area contributed by atoms with Crippen LogP contribution in [0.3, 0.4) is 0 Å². The maximum absolute atomic E-state index is 12.7. The van der Waals surface area contributed by atoms with E-state index in [4.69, 9.17) is 18.9 Å². The van der Waals surface area contributed by atoms with E-state index in [2.05, 4.69) is 14.8 Å². The van der Waals surface area contributed by atoms with E-state index in [-0.39, 0.29) is 19.6 Å². The van der Waals surface area contributed by atoms with Crippen molar-refractivity contribution in [2.45, 2.75) is 31.4 Å². The number of aliphatic carboxylic acids is 1. The SMILES string of the molecule is COC(COC[C@H](NC(=O)[C@H](CCOS(C)(=O)=O)NC(=O)OCc1ccccc1)C(=O)O)OC. The Labute approximate surface area is 197 Å². The van der Waals surface area contributed by atoms with E-state index in [1.54, 1.807) is 30.3 Å². The number of carbonyl (C=O) groups excluding carboxylic acids is 2. The van der Waals surface area contributed by atoms with Crippen LogP contribution in [0.1, 0.15) is 12.0 Å². The zero-order chi connectivity index (χ0) is 25.6. The van der Waals surface area contributed by atoms with Gasteiger partial charge in [-0.05, 0) is 5.56 Å². The predicted molar refractivity (Wildman–Crippen MR) is 117 cm³/mol. The van der Waals surface area contributed by atoms with E-state index in [9.17, 15) is 27.9 Å². The summed E-state index contributed by atoms with van der Waals surface area (Å²) in [7, 11) is -1.05. The second-order valence-electron chi connectivity index (χ2n) is 6.91. The quantitative estimate of drug-likeness (QED) is 0.201. The van der Waals surface area contributed by atoms with Gasteiger partial charge in [-0.1, -0.05) is 30.3 Å². The number of hydrogen-bond donors (Lipinski definition) is 3. The van der Waals surface area contributed by atoms with Crippen LogP contribution in [0.15, 0.2) is 30.3 Å². The molecular formula is C20H30N2O11S. The first-order valence-electron chi connectivity index (χ1n) is 10.0. The number of hydrogen-bond acceptors (Lipinski definition) is 10. The number of carboxylic acids is 1. The molecule has 2 amide bonds. The van der Waals surface area contributed by atoms with E-state index in [0.717, 1.165) is 6.26 Å². The standard InChI is InChI=1S/C20H30N2O11S/c1-29-17(30-2)13-31-12-16(19(24)25)21-18(23)15(9-10-33-34(3,27)28)22-20(26)32-11-14-7-5-4-6-8-14/h4-8,15-17H,9-13H2,1-3H3,(H,21,23)(H,22,26)(H,24,25)/t15-,16-/m0/s1. The van der Waals surface area contributed by atoms with Gasteiger partial charge in [-0.3, -0.25) is 8.98 Å². The maximum Gasteiger partial charge on any atom is 0.408 e. The van der Waals surface area contributed by atoms with E-state index < -0.39 is 59.7 Å². The Hall–Kier alpha value is -2.78. The zero-order valence-corrected chi connectivity index (χ0v) is 19.9. The van der Waals surface area contributed by atoms with Gasteiger partial charge in [0.2, 0.25) is 5.91 Å². The van der Waals surface area contributed by atoms with Gasteiger partial charge in [0.05, 0.1) is 26.1 Å². The molecule has 0 aliphatic carbocycles. The van der Waals surface area contributed by atoms with Gasteiger partial charge in [0.1, 0.15) is 12.6 Å². The molecule has 1 aromatic rings. The van der Waals surface area contributed by atoms with Gasteiger partial charge in [-0.2, -0.15) is 8.42 Å². The molecule has 3 N–H and O–H groups in total. The second kappa shape index (κ2) is 15.2. The number of rotatable bonds is 16. The number of benzene rings is 1. The van der Waals surface area contributed by atoms with Crippen LogP contribution in [0, 0.1) is 0 Å². The van der Waals surface area contributed by atoms with E-state index in [1.807, 2.05) is 0 Å². The van der Waals surface area contributed by atoms with Crippen LogP contribution in [-0.2, 0) is 49.4 Å². The third-order valence-electron chi connectivity index (χ3n) is 4.20. The highest BCUT2D eigenvalue weighted by atomic mass is 32.2. The van der Waals surface area contributed by atoms with Gasteiger partial charge in [0, 0.05) is 20.6 Å². The number of carbonyl (C=O) groups is 3. The maximum atomic E-state index is 12.7. The van der Waals surface area contributed by atoms with Gasteiger partial charge >= 0.3 is 12.1 Å². The molecule has 0 spiro atoms. The summed E-state index contributed by atoms with van der Waals surface area (Å²) in [6.07, 6.45) is -1.14. The molecule has 0 radical (unpaired) electrons. The highest BCUT2D eigenvalue weighted by Crippen LogP contribution is 2.03. The van der Waals surface area contributed by atoms with Crippen molar-refractivity contribution >= 4 is 28.1 Å². The van der Waals surface area contributed by atoms with E-state index in [1.165, 1.54) is 14.2 Å². The lowest BCUT2D eigenvalue weighted by Crippen LogP contribution is -2.53. The van der Waals surface area contributed by atoms with Gasteiger partial charge in [0.15, 0.2) is 12.3 Å². The normalized spacial score (nSPS) is 13.2. The number of carboxylic acid groups (broad SMARTS) is 1. The minimum Gasteiger partial charge on any atom is -0.480 e. The minimum absolute atomic E-state index is 0.0768. The number of alkyl carbamates (subject to hydrolysis) is 1. The van der Waals surface area contributed by atoms with Crippen LogP contribution in [-0.4, -0.2) is 90.2 Å². The van der Waals surface area contributed by atoms with Crippen LogP contribution in [0.25, 0.3) is 0 Å². The largest absolute Gasteiger partial charge is 0.480 e. The summed E-state index contributed by atoms with van der Waals surface area (Å²) in [5.41, 5.74) is 0.701. The Balaban J connectivity index is 2.75. The first-order valence-corrected chi connectivity index (χ1v) is 11.9. The van der Waals surface area contributed by atoms with Crippen molar-refractivity contribution < 1.29 is 51.0 Å². The summed E-state index contributed by atoms with van der Waals surface area (Å²) in [6.45, 7) is -1.03. The fourth-order valence-electron chi connectivity index (χ4n) is 2.45. The molecule has 1 aromatic carbocycles. The van der Waals surface area contributed by atoms with Crippen LogP contribution < -0.4 is 10.6 Å². The lowest BCUT2D eigenvalue weighted by atomic mass is 10.2. The van der Waals surface area contributed by atoms with Crippen molar-refractivity contribution in [1.82, 2.24) is 10.6 Å². The molecule has 13 nitrogen and oxygen atoms in total. The number of ether oxygens (including phenoxy) is 4. The molecule has 0 unspecified atom stereocenters. The van der Waals surface area contributed by atoms with Gasteiger partial charge < -0.3 is 34.7 Å². The Bertz CT molecular complexity index is 876. The topological polar surface area (TPSA) is 176 Å². The van der Waals surface area contributed by atoms with Gasteiger partial charge in [-0.15, -0.1) is 0 Å². The summed E-state index contributed by atoms with van der Waals surface area (Å²) < 4.78 is 47.2. The highest BCUT2D eigenvalue weighted by molar-refractivity contribution is 7.85. The summed E-state index contributed by atoms with van der Waals surface area (Å²) in [5.74, 6) is -2.29. The first-order chi connectivity index (χ1) is 16.1. The van der Waals surface area contributed by atoms with Crippen molar-refractivity contribution in [1.29, 1.82) is 0 Å². The number of nitrogens with one attached hydrogen (secondary N) is 2. The molecule has 0 aliphatic heterocycles. The first kappa shape index (κ1) is 29.3. The van der Waals surface area contributed by atoms with Crippen molar-refractivity contribution in [3.63, 3.8) is 0 Å². The molecule has 34 heavy (non-hydrogen) atoms. The lowest BCUT2D eigenvalue weighted by Gasteiger charge is -2.22. The molecule has 1 rings (SSSR count). The molecule has 0 fully saturated rings. The van der Waals surface area contributed by atoms with Crippen LogP contribution in [0.2, 0.25) is 0 Å². The molecule has 0 saturated carbocycles. The molecule has 0 saturated heterocycles. The van der Waals surface area contributed by atoms with Crippen molar-refractivity contribution in [2.24, 2.45) is 0 Å². The van der Waals surface area contributed by atoms with Crippen LogP contribution >= 0.6 is 0 Å². The van der Waals surface area contributed by atoms with Crippen molar-refractivity contribution in [3.05, 3.63) is 35.9 Å². The second-order valence-corrected chi connectivity index (χ2v) is 8.56. The fraction of sp³-hybridized carbons (Fsp3) is 0.550. The van der Waals surface area contributed by atoms with Crippen LogP contribution in [0.5, 0.6) is 0 Å². The molecule has 0 aliphatic rings. The fourth-order valence-corrected chi connectivity index (χ4v) is 2.85. The summed E-state index contributed by atoms with van der Waals surface area (Å²) in [4.78, 5) is 36.4. The molecule has 192 valence electrons. The smallest absolute Gasteiger partial charge is 0.408 e. The number of methoxy groups -OCH3 is 2. The Morgan fingerprint density at radius 2 is 1.65 bits per heavy atom. The number of amides is 2. The van der Waals surface area contributed by atoms with Crippen molar-refractivity contribution in [2.75, 3.05) is 40.3 Å². The highest BCUT2D eigenvalue weighted by Gasteiger charge is 2.28. The predicted octanol–water partition coefficient (Wildman–Crippen LogP) is -0.147. The average molecular weight is 507 g/mol. The van der Waals surface area contributed by atoms with Gasteiger partial charge in [-0.25, -0.2) is 9.59 Å². The summed E-state index contributed by atoms with van der Waals surface area (Å²) in [6, 6.07) is 5.94. The Morgan fingerprint density at radius 3 is 2.21 bits per heavy atom. The molecule has 0 aromatic heterocycles. The Kier molecular flexibility index (Phi) is 13.1. The lowest BCUT2D eigenvalue weighted by molar-refractivity contribution is -0.153. The summed E-state index contributed by atoms with van der Waals surface area (Å²) >= 11 is 0.